The van der Waals surface area contributed by atoms with Gasteiger partial charge >= 0.3 is 0 Å². The average Bonchev–Trinajstić information content (AvgIpc) is 1.20. The Kier molecular flexibility index (Phi) is 25.9. The van der Waals surface area contributed by atoms with Crippen molar-refractivity contribution in [3.05, 3.63) is 0 Å². The van der Waals surface area contributed by atoms with Gasteiger partial charge in [-0.25, -0.2) is 0 Å². The van der Waals surface area contributed by atoms with E-state index in [1.54, 1.807) is 0 Å². The summed E-state index contributed by atoms with van der Waals surface area (Å²) < 4.78 is 83.4. The molecule has 8 rings (SSSR count). The minimum absolute atomic E-state index is 0.854. The molecule has 0 aromatic carbocycles. The van der Waals surface area contributed by atoms with Gasteiger partial charge in [-0.3, -0.25) is 0 Å². The molecule has 8 heterocycles. The first-order valence-electron chi connectivity index (χ1n) is 28.2. The lowest BCUT2D eigenvalue weighted by molar-refractivity contribution is -0.399. The summed E-state index contributed by atoms with van der Waals surface area (Å²) in [5.41, 5.74) is 0. The van der Waals surface area contributed by atoms with E-state index in [0.717, 1.165) is 0 Å². The van der Waals surface area contributed by atoms with E-state index in [0.29, 0.717) is 0 Å². The van der Waals surface area contributed by atoms with E-state index in [1.807, 2.05) is 0 Å². The minimum atomic E-state index is -2.26. The Morgan fingerprint density at radius 2 is 0.326 bits per heavy atom. The Morgan fingerprint density at radius 1 is 0.169 bits per heavy atom. The van der Waals surface area contributed by atoms with Gasteiger partial charge in [0.2, 0.25) is 0 Å². The van der Waals surface area contributed by atoms with Crippen LogP contribution in [0.5, 0.6) is 0 Å². The van der Waals surface area contributed by atoms with E-state index in [4.69, 9.17) is 71.1 Å². The van der Waals surface area contributed by atoms with Crippen molar-refractivity contribution in [1.29, 1.82) is 0 Å². The lowest BCUT2D eigenvalue weighted by Crippen LogP contribution is -2.68. The van der Waals surface area contributed by atoms with Gasteiger partial charge in [-0.15, -0.1) is 0 Å². The van der Waals surface area contributed by atoms with Crippen LogP contribution >= 0.6 is 0 Å². The predicted octanol–water partition coefficient (Wildman–Crippen LogP) is -18.5. The number of rotatable bonds is 22. The summed E-state index contributed by atoms with van der Waals surface area (Å²) >= 11 is 0. The highest BCUT2D eigenvalue weighted by molar-refractivity contribution is 5.02. The molecule has 0 spiro atoms. The molecule has 89 heavy (non-hydrogen) atoms. The van der Waals surface area contributed by atoms with Crippen molar-refractivity contribution in [3.8, 4) is 0 Å². The zero-order valence-electron chi connectivity index (χ0n) is 46.5. The Balaban J connectivity index is 0.850. The SMILES string of the molecule is OC[C@H]1O[C@@H](O[C@H]2[C@H](O)[C@@H](O)[C@H](O[C@H]3[C@H](O)[C@@H](O)[C@H](O[C@H]4[C@H](O)[C@@H](O)[C@H](O[C@H]5[C@H](O)[C@@H](O)[C@H](O[C@H]6[C@H](O)[C@@H](O)[C@H](O[C@H]7[C@H](O)[C@@H](O)[C@H](O[C@H]8[C@H](O)[C@@H](O)[C@H](O)O[C@@H]8CO)O[C@@H]7CO)O[C@@H]6CO)O[C@@H]5CO)O[C@@H]4CO)O[C@@H]3CO)O[C@@H]2CO)[C@H](O)[C@@H](O)[C@@H]1O. The molecule has 0 radical (unpaired) electrons. The van der Waals surface area contributed by atoms with E-state index < -0.39 is 299 Å². The van der Waals surface area contributed by atoms with Gasteiger partial charge in [0.25, 0.3) is 0 Å². The number of hydrogen-bond donors (Lipinski definition) is 26. The molecule has 0 saturated carbocycles. The van der Waals surface area contributed by atoms with Crippen molar-refractivity contribution >= 4 is 0 Å². The molecule has 40 atom stereocenters. The van der Waals surface area contributed by atoms with Gasteiger partial charge in [-0.05, 0) is 0 Å². The fourth-order valence-electron chi connectivity index (χ4n) is 11.5. The molecule has 8 aliphatic rings. The number of ether oxygens (including phenoxy) is 15. The Morgan fingerprint density at radius 3 is 0.517 bits per heavy atom. The Hall–Kier alpha value is -1.64. The van der Waals surface area contributed by atoms with Crippen LogP contribution in [0.3, 0.4) is 0 Å². The summed E-state index contributed by atoms with van der Waals surface area (Å²) in [6.07, 6.45) is -78.4. The van der Waals surface area contributed by atoms with Gasteiger partial charge in [0.15, 0.2) is 50.3 Å². The first-order valence-corrected chi connectivity index (χ1v) is 28.2. The van der Waals surface area contributed by atoms with Crippen LogP contribution in [0.1, 0.15) is 0 Å². The van der Waals surface area contributed by atoms with Crippen LogP contribution in [0.4, 0.5) is 0 Å². The molecule has 26 N–H and O–H groups in total. The van der Waals surface area contributed by atoms with Crippen LogP contribution in [-0.4, -0.2) is 431 Å². The monoisotopic (exact) mass is 1310 g/mol. The zero-order valence-corrected chi connectivity index (χ0v) is 46.5. The maximum atomic E-state index is 11.4. The Bertz CT molecular complexity index is 2120. The maximum absolute atomic E-state index is 11.4. The second-order valence-electron chi connectivity index (χ2n) is 22.4. The fraction of sp³-hybridized carbons (Fsp3) is 1.00. The number of hydrogen-bond acceptors (Lipinski definition) is 41. The molecule has 8 saturated heterocycles. The fourth-order valence-corrected chi connectivity index (χ4v) is 11.5. The maximum Gasteiger partial charge on any atom is 0.187 e. The van der Waals surface area contributed by atoms with Gasteiger partial charge in [0.05, 0.1) is 52.9 Å². The lowest BCUT2D eigenvalue weighted by atomic mass is 9.95. The first kappa shape index (κ1) is 73.2. The summed E-state index contributed by atoms with van der Waals surface area (Å²) in [6.45, 7) is -8.07. The third-order valence-electron chi connectivity index (χ3n) is 16.7. The van der Waals surface area contributed by atoms with Crippen LogP contribution < -0.4 is 0 Å². The van der Waals surface area contributed by atoms with Crippen LogP contribution in [0.15, 0.2) is 0 Å². The van der Waals surface area contributed by atoms with Crippen LogP contribution in [-0.2, 0) is 71.1 Å². The summed E-state index contributed by atoms with van der Waals surface area (Å²) in [7, 11) is 0. The van der Waals surface area contributed by atoms with Crippen molar-refractivity contribution in [2.45, 2.75) is 246 Å². The molecule has 0 aliphatic carbocycles. The van der Waals surface area contributed by atoms with E-state index >= 15 is 0 Å². The molecule has 8 fully saturated rings. The molecule has 8 aliphatic heterocycles. The summed E-state index contributed by atoms with van der Waals surface area (Å²) in [5, 5.41) is 277. The Labute approximate surface area is 501 Å². The van der Waals surface area contributed by atoms with Crippen molar-refractivity contribution in [2.75, 3.05) is 52.9 Å². The molecule has 0 bridgehead atoms. The molecular formula is C48H82O41. The predicted molar refractivity (Wildman–Crippen MR) is 264 cm³/mol. The molecule has 0 unspecified atom stereocenters. The molecule has 41 nitrogen and oxygen atoms in total. The third-order valence-corrected chi connectivity index (χ3v) is 16.7. The summed E-state index contributed by atoms with van der Waals surface area (Å²) in [5.74, 6) is 0. The molecule has 0 aromatic rings. The second kappa shape index (κ2) is 31.5. The van der Waals surface area contributed by atoms with E-state index in [-0.39, 0.29) is 0 Å². The topological polar surface area (TPSA) is 664 Å². The van der Waals surface area contributed by atoms with E-state index in [9.17, 15) is 133 Å². The minimum Gasteiger partial charge on any atom is -0.394 e. The standard InChI is InChI=1S/C48H82O41/c49-1-9-17(57)18(58)27(67)42(76-9)84-35-11(3-51)78-44(29(69)20(35)60)86-37-13(5-53)80-46(31(71)22(37)62)88-39-15(7-55)82-48(33(73)24(39)64)89-40-16(8-56)81-47(32(72)25(40)65)87-38-14(6-54)79-45(30(70)23(38)63)85-36-12(4-52)77-43(28(68)21(36)61)83-34-10(2-50)75-41(74)26(66)19(34)59/h9-74H,1-8H2/t9-,10-,11-,12-,13-,14-,15-,16-,17-,18+,19-,20-,21-,22-,23-,24-,25-,26-,27-,28-,29-,30-,31-,32-,33-,34-,35-,36-,37-,38-,39-,40-,41-,42+,43+,44+,45+,46+,47+,48+/m1/s1. The third kappa shape index (κ3) is 15.0. The van der Waals surface area contributed by atoms with Gasteiger partial charge in [0, 0.05) is 0 Å². The quantitative estimate of drug-likeness (QED) is 0.0479. The molecule has 520 valence electrons. The van der Waals surface area contributed by atoms with Gasteiger partial charge in [0.1, 0.15) is 195 Å². The van der Waals surface area contributed by atoms with E-state index in [2.05, 4.69) is 0 Å². The summed E-state index contributed by atoms with van der Waals surface area (Å²) in [6, 6.07) is 0. The summed E-state index contributed by atoms with van der Waals surface area (Å²) in [4.78, 5) is 0. The lowest BCUT2D eigenvalue weighted by Gasteiger charge is -2.50. The second-order valence-corrected chi connectivity index (χ2v) is 22.4. The smallest absolute Gasteiger partial charge is 0.187 e. The van der Waals surface area contributed by atoms with Crippen molar-refractivity contribution in [3.63, 3.8) is 0 Å². The highest BCUT2D eigenvalue weighted by Gasteiger charge is 2.59. The number of aliphatic hydroxyl groups is 26. The average molecular weight is 1320 g/mol. The van der Waals surface area contributed by atoms with Gasteiger partial charge < -0.3 is 204 Å². The van der Waals surface area contributed by atoms with Crippen LogP contribution in [0, 0.1) is 0 Å². The normalized spacial score (nSPS) is 53.6. The highest BCUT2D eigenvalue weighted by atomic mass is 16.8. The van der Waals surface area contributed by atoms with Crippen LogP contribution in [0.2, 0.25) is 0 Å². The molecular weight excluding hydrogens is 1230 g/mol. The number of aliphatic hydroxyl groups excluding tert-OH is 26. The highest BCUT2D eigenvalue weighted by Crippen LogP contribution is 2.39. The van der Waals surface area contributed by atoms with Gasteiger partial charge in [-0.1, -0.05) is 0 Å². The largest absolute Gasteiger partial charge is 0.394 e. The van der Waals surface area contributed by atoms with E-state index in [1.165, 1.54) is 0 Å². The van der Waals surface area contributed by atoms with Gasteiger partial charge in [-0.2, -0.15) is 0 Å². The molecule has 0 aromatic heterocycles. The van der Waals surface area contributed by atoms with Crippen LogP contribution in [0.25, 0.3) is 0 Å². The van der Waals surface area contributed by atoms with Crippen molar-refractivity contribution in [2.24, 2.45) is 0 Å². The molecule has 0 amide bonds. The zero-order chi connectivity index (χ0) is 65.4. The first-order chi connectivity index (χ1) is 42.2. The molecule has 41 heteroatoms. The van der Waals surface area contributed by atoms with Crippen molar-refractivity contribution < 1.29 is 204 Å². The van der Waals surface area contributed by atoms with Crippen molar-refractivity contribution in [1.82, 2.24) is 0 Å².